The molecule has 0 saturated heterocycles. The van der Waals surface area contributed by atoms with E-state index in [0.717, 1.165) is 0 Å². The Bertz CT molecular complexity index is 632. The molecule has 19 heavy (non-hydrogen) atoms. The molecule has 0 aliphatic carbocycles. The van der Waals surface area contributed by atoms with Crippen LogP contribution in [0.2, 0.25) is 0 Å². The molecule has 0 bridgehead atoms. The molecule has 96 valence electrons. The lowest BCUT2D eigenvalue weighted by atomic mass is 10.0. The minimum absolute atomic E-state index is 0.295. The number of carbonyl (C=O) groups is 1. The average molecular weight is 256 g/mol. The first kappa shape index (κ1) is 13.0. The smallest absolute Gasteiger partial charge is 0.338 e. The van der Waals surface area contributed by atoms with Gasteiger partial charge in [-0.3, -0.25) is 0 Å². The zero-order chi connectivity index (χ0) is 13.8. The molecule has 2 aromatic carbocycles. The van der Waals surface area contributed by atoms with Gasteiger partial charge in [0.1, 0.15) is 11.6 Å². The molecule has 0 atom stereocenters. The van der Waals surface area contributed by atoms with E-state index in [1.165, 1.54) is 6.07 Å². The van der Waals surface area contributed by atoms with E-state index in [1.807, 2.05) is 0 Å². The number of para-hydroxylation sites is 1. The lowest BCUT2D eigenvalue weighted by Gasteiger charge is -2.10. The van der Waals surface area contributed by atoms with Crippen molar-refractivity contribution in [3.8, 4) is 16.9 Å². The number of carbonyl (C=O) groups excluding carboxylic acids is 1. The number of esters is 1. The second-order valence-corrected chi connectivity index (χ2v) is 4.15. The van der Waals surface area contributed by atoms with Crippen LogP contribution in [0.15, 0.2) is 60.7 Å². The molecular weight excluding hydrogens is 243 g/mol. The summed E-state index contributed by atoms with van der Waals surface area (Å²) in [6, 6.07) is 13.2. The van der Waals surface area contributed by atoms with Gasteiger partial charge in [0.25, 0.3) is 0 Å². The Kier molecular flexibility index (Phi) is 3.76. The Morgan fingerprint density at radius 1 is 1.05 bits per heavy atom. The van der Waals surface area contributed by atoms with Crippen LogP contribution in [0.1, 0.15) is 6.92 Å². The third-order valence-electron chi connectivity index (χ3n) is 2.60. The van der Waals surface area contributed by atoms with Crippen molar-refractivity contribution in [2.75, 3.05) is 0 Å². The summed E-state index contributed by atoms with van der Waals surface area (Å²) in [6.07, 6.45) is 0. The van der Waals surface area contributed by atoms with Gasteiger partial charge in [0.2, 0.25) is 0 Å². The second-order valence-electron chi connectivity index (χ2n) is 4.15. The van der Waals surface area contributed by atoms with Crippen LogP contribution in [-0.4, -0.2) is 5.97 Å². The molecule has 2 nitrogen and oxygen atoms in total. The van der Waals surface area contributed by atoms with Gasteiger partial charge in [0.15, 0.2) is 0 Å². The molecule has 0 aliphatic rings. The largest absolute Gasteiger partial charge is 0.423 e. The fourth-order valence-electron chi connectivity index (χ4n) is 1.64. The van der Waals surface area contributed by atoms with Crippen molar-refractivity contribution in [2.45, 2.75) is 6.92 Å². The maximum atomic E-state index is 13.8. The molecule has 3 heteroatoms. The summed E-state index contributed by atoms with van der Waals surface area (Å²) in [6.45, 7) is 5.09. The van der Waals surface area contributed by atoms with Crippen molar-refractivity contribution in [1.82, 2.24) is 0 Å². The van der Waals surface area contributed by atoms with Gasteiger partial charge in [-0.05, 0) is 19.1 Å². The maximum Gasteiger partial charge on any atom is 0.338 e. The van der Waals surface area contributed by atoms with Gasteiger partial charge in [0, 0.05) is 16.7 Å². The first-order chi connectivity index (χ1) is 9.09. The highest BCUT2D eigenvalue weighted by atomic mass is 19.1. The van der Waals surface area contributed by atoms with Gasteiger partial charge in [-0.15, -0.1) is 0 Å². The monoisotopic (exact) mass is 256 g/mol. The summed E-state index contributed by atoms with van der Waals surface area (Å²) in [4.78, 5) is 11.6. The summed E-state index contributed by atoms with van der Waals surface area (Å²) < 4.78 is 19.0. The molecule has 0 amide bonds. The highest BCUT2D eigenvalue weighted by Gasteiger charge is 2.13. The number of rotatable bonds is 3. The summed E-state index contributed by atoms with van der Waals surface area (Å²) in [5.74, 6) is -0.564. The number of hydrogen-bond donors (Lipinski definition) is 0. The third-order valence-corrected chi connectivity index (χ3v) is 2.60. The molecule has 0 N–H and O–H groups in total. The highest BCUT2D eigenvalue weighted by molar-refractivity contribution is 5.90. The first-order valence-electron chi connectivity index (χ1n) is 5.81. The van der Waals surface area contributed by atoms with Crippen LogP contribution in [-0.2, 0) is 4.79 Å². The normalized spacial score (nSPS) is 10.0. The molecule has 0 spiro atoms. The third kappa shape index (κ3) is 2.88. The summed E-state index contributed by atoms with van der Waals surface area (Å²) in [5, 5.41) is 0. The lowest BCUT2D eigenvalue weighted by Crippen LogP contribution is -2.09. The number of benzene rings is 2. The molecular formula is C16H13FO2. The van der Waals surface area contributed by atoms with Crippen molar-refractivity contribution < 1.29 is 13.9 Å². The van der Waals surface area contributed by atoms with E-state index in [4.69, 9.17) is 4.74 Å². The van der Waals surface area contributed by atoms with E-state index >= 15 is 0 Å². The van der Waals surface area contributed by atoms with Crippen molar-refractivity contribution in [3.05, 3.63) is 66.5 Å². The quantitative estimate of drug-likeness (QED) is 0.472. The maximum absolute atomic E-state index is 13.8. The van der Waals surface area contributed by atoms with Gasteiger partial charge in [-0.25, -0.2) is 9.18 Å². The molecule has 0 radical (unpaired) electrons. The second kappa shape index (κ2) is 5.48. The Balaban J connectivity index is 2.45. The van der Waals surface area contributed by atoms with E-state index < -0.39 is 5.97 Å². The standard InChI is InChI=1S/C16H13FO2/c1-11(2)16(18)19-15-10-6-4-8-13(15)12-7-3-5-9-14(12)17/h3-10H,1H2,2H3. The molecule has 0 aromatic heterocycles. The minimum atomic E-state index is -0.524. The van der Waals surface area contributed by atoms with Crippen molar-refractivity contribution >= 4 is 5.97 Å². The first-order valence-corrected chi connectivity index (χ1v) is 5.81. The van der Waals surface area contributed by atoms with E-state index in [0.29, 0.717) is 22.4 Å². The zero-order valence-electron chi connectivity index (χ0n) is 10.5. The number of hydrogen-bond acceptors (Lipinski definition) is 2. The molecule has 0 fully saturated rings. The average Bonchev–Trinajstić information content (AvgIpc) is 2.40. The van der Waals surface area contributed by atoms with Crippen LogP contribution in [0.4, 0.5) is 4.39 Å². The van der Waals surface area contributed by atoms with Crippen LogP contribution in [0.25, 0.3) is 11.1 Å². The SMILES string of the molecule is C=C(C)C(=O)Oc1ccccc1-c1ccccc1F. The fraction of sp³-hybridized carbons (Fsp3) is 0.0625. The molecule has 0 unspecified atom stereocenters. The highest BCUT2D eigenvalue weighted by Crippen LogP contribution is 2.31. The van der Waals surface area contributed by atoms with Crippen LogP contribution in [0.5, 0.6) is 5.75 Å². The van der Waals surface area contributed by atoms with Gasteiger partial charge < -0.3 is 4.74 Å². The molecule has 2 rings (SSSR count). The van der Waals surface area contributed by atoms with Gasteiger partial charge in [-0.2, -0.15) is 0 Å². The molecule has 0 saturated carbocycles. The van der Waals surface area contributed by atoms with Crippen LogP contribution in [0, 0.1) is 5.82 Å². The topological polar surface area (TPSA) is 26.3 Å². The van der Waals surface area contributed by atoms with Crippen LogP contribution >= 0.6 is 0 Å². The van der Waals surface area contributed by atoms with Crippen molar-refractivity contribution in [2.24, 2.45) is 0 Å². The van der Waals surface area contributed by atoms with Gasteiger partial charge >= 0.3 is 5.97 Å². The fourth-order valence-corrected chi connectivity index (χ4v) is 1.64. The van der Waals surface area contributed by atoms with Gasteiger partial charge in [0.05, 0.1) is 0 Å². The van der Waals surface area contributed by atoms with E-state index in [-0.39, 0.29) is 5.82 Å². The Morgan fingerprint density at radius 3 is 2.26 bits per heavy atom. The summed E-state index contributed by atoms with van der Waals surface area (Å²) >= 11 is 0. The molecule has 2 aromatic rings. The molecule has 0 aliphatic heterocycles. The van der Waals surface area contributed by atoms with Crippen LogP contribution < -0.4 is 4.74 Å². The number of ether oxygens (including phenoxy) is 1. The lowest BCUT2D eigenvalue weighted by molar-refractivity contribution is -0.130. The Morgan fingerprint density at radius 2 is 1.63 bits per heavy atom. The summed E-state index contributed by atoms with van der Waals surface area (Å²) in [7, 11) is 0. The number of halogens is 1. The van der Waals surface area contributed by atoms with Crippen molar-refractivity contribution in [1.29, 1.82) is 0 Å². The predicted molar refractivity (Wildman–Crippen MR) is 72.3 cm³/mol. The minimum Gasteiger partial charge on any atom is -0.423 e. The van der Waals surface area contributed by atoms with Gasteiger partial charge in [-0.1, -0.05) is 43.0 Å². The van der Waals surface area contributed by atoms with E-state index in [9.17, 15) is 9.18 Å². The Hall–Kier alpha value is -2.42. The van der Waals surface area contributed by atoms with E-state index in [1.54, 1.807) is 49.4 Å². The Labute approximate surface area is 111 Å². The van der Waals surface area contributed by atoms with Crippen LogP contribution in [0.3, 0.4) is 0 Å². The van der Waals surface area contributed by atoms with Crippen molar-refractivity contribution in [3.63, 3.8) is 0 Å². The zero-order valence-corrected chi connectivity index (χ0v) is 10.5. The molecule has 0 heterocycles. The summed E-state index contributed by atoms with van der Waals surface area (Å²) in [5.41, 5.74) is 1.23. The predicted octanol–water partition coefficient (Wildman–Crippen LogP) is 3.97. The van der Waals surface area contributed by atoms with E-state index in [2.05, 4.69) is 6.58 Å².